The van der Waals surface area contributed by atoms with E-state index in [1.54, 1.807) is 0 Å². The van der Waals surface area contributed by atoms with Gasteiger partial charge in [-0.3, -0.25) is 4.79 Å². The van der Waals surface area contributed by atoms with Crippen molar-refractivity contribution in [1.82, 2.24) is 0 Å². The molecule has 1 aromatic rings. The lowest BCUT2D eigenvalue weighted by molar-refractivity contribution is -0.149. The number of rotatable bonds is 4. The van der Waals surface area contributed by atoms with Crippen LogP contribution in [-0.2, 0) is 9.53 Å². The number of ether oxygens (including phenoxy) is 1. The van der Waals surface area contributed by atoms with Crippen LogP contribution in [0.1, 0.15) is 37.7 Å². The van der Waals surface area contributed by atoms with E-state index < -0.39 is 5.97 Å². The highest BCUT2D eigenvalue weighted by molar-refractivity contribution is 5.71. The smallest absolute Gasteiger partial charge is 0.309 e. The Labute approximate surface area is 108 Å². The molecule has 0 aromatic heterocycles. The molecule has 1 saturated carbocycles. The van der Waals surface area contributed by atoms with E-state index in [4.69, 9.17) is 4.74 Å². The Balaban J connectivity index is 2.08. The van der Waals surface area contributed by atoms with Crippen LogP contribution < -0.4 is 0 Å². The van der Waals surface area contributed by atoms with E-state index in [1.807, 2.05) is 25.1 Å². The van der Waals surface area contributed by atoms with Crippen LogP contribution in [0.25, 0.3) is 0 Å². The maximum atomic E-state index is 11.2. The molecule has 3 nitrogen and oxygen atoms in total. The number of hydrogen-bond donors (Lipinski definition) is 1. The second-order valence-electron chi connectivity index (χ2n) is 4.86. The molecule has 2 rings (SSSR count). The highest BCUT2D eigenvalue weighted by Gasteiger charge is 2.35. The molecule has 1 fully saturated rings. The molecule has 3 atom stereocenters. The third-order valence-corrected chi connectivity index (χ3v) is 3.76. The minimum Gasteiger partial charge on any atom is -0.481 e. The molecule has 0 spiro atoms. The normalized spacial score (nSPS) is 27.9. The van der Waals surface area contributed by atoms with Crippen LogP contribution >= 0.6 is 0 Å². The molecule has 0 bridgehead atoms. The molecule has 0 aliphatic heterocycles. The predicted molar refractivity (Wildman–Crippen MR) is 69.6 cm³/mol. The van der Waals surface area contributed by atoms with Crippen LogP contribution in [0.5, 0.6) is 0 Å². The van der Waals surface area contributed by atoms with Gasteiger partial charge in [-0.15, -0.1) is 0 Å². The molecule has 3 unspecified atom stereocenters. The fourth-order valence-electron chi connectivity index (χ4n) is 2.84. The molecule has 1 aliphatic carbocycles. The fraction of sp³-hybridized carbons (Fsp3) is 0.533. The maximum absolute atomic E-state index is 11.2. The van der Waals surface area contributed by atoms with Crippen molar-refractivity contribution in [3.8, 4) is 0 Å². The summed E-state index contributed by atoms with van der Waals surface area (Å²) in [6.45, 7) is 2.50. The van der Waals surface area contributed by atoms with Gasteiger partial charge < -0.3 is 9.84 Å². The molecule has 0 radical (unpaired) electrons. The lowest BCUT2D eigenvalue weighted by Crippen LogP contribution is -2.36. The van der Waals surface area contributed by atoms with Gasteiger partial charge in [-0.25, -0.2) is 0 Å². The van der Waals surface area contributed by atoms with Gasteiger partial charge in [0.1, 0.15) is 0 Å². The summed E-state index contributed by atoms with van der Waals surface area (Å²) in [7, 11) is 0. The van der Waals surface area contributed by atoms with Gasteiger partial charge in [0.05, 0.1) is 12.0 Å². The van der Waals surface area contributed by atoms with Crippen molar-refractivity contribution in [1.29, 1.82) is 0 Å². The summed E-state index contributed by atoms with van der Waals surface area (Å²) in [5, 5.41) is 9.21. The Morgan fingerprint density at radius 2 is 2.06 bits per heavy atom. The average Bonchev–Trinajstić information content (AvgIpc) is 2.40. The van der Waals surface area contributed by atoms with Crippen LogP contribution in [0.4, 0.5) is 0 Å². The first-order chi connectivity index (χ1) is 8.72. The summed E-state index contributed by atoms with van der Waals surface area (Å²) in [6, 6.07) is 10.3. The summed E-state index contributed by atoms with van der Waals surface area (Å²) in [6.07, 6.45) is 2.31. The molecule has 3 heteroatoms. The Bertz CT molecular complexity index is 388. The van der Waals surface area contributed by atoms with E-state index in [1.165, 1.54) is 5.56 Å². The SMILES string of the molecule is CCOC1CC(c2ccccc2)CCC1C(=O)O. The van der Waals surface area contributed by atoms with Gasteiger partial charge in [0.2, 0.25) is 0 Å². The van der Waals surface area contributed by atoms with Gasteiger partial charge in [0.25, 0.3) is 0 Å². The molecule has 1 aromatic carbocycles. The van der Waals surface area contributed by atoms with E-state index in [0.717, 1.165) is 12.8 Å². The highest BCUT2D eigenvalue weighted by atomic mass is 16.5. The number of carbonyl (C=O) groups is 1. The quantitative estimate of drug-likeness (QED) is 0.890. The number of carboxylic acid groups (broad SMARTS) is 1. The van der Waals surface area contributed by atoms with Crippen molar-refractivity contribution in [3.05, 3.63) is 35.9 Å². The average molecular weight is 248 g/mol. The fourth-order valence-corrected chi connectivity index (χ4v) is 2.84. The molecular formula is C15H20O3. The van der Waals surface area contributed by atoms with Gasteiger partial charge in [0, 0.05) is 6.61 Å². The summed E-state index contributed by atoms with van der Waals surface area (Å²) >= 11 is 0. The minimum atomic E-state index is -0.722. The lowest BCUT2D eigenvalue weighted by Gasteiger charge is -2.33. The zero-order valence-corrected chi connectivity index (χ0v) is 10.7. The molecule has 0 heterocycles. The van der Waals surface area contributed by atoms with Crippen molar-refractivity contribution >= 4 is 5.97 Å². The van der Waals surface area contributed by atoms with Gasteiger partial charge in [0.15, 0.2) is 0 Å². The van der Waals surface area contributed by atoms with Crippen molar-refractivity contribution in [2.45, 2.75) is 38.2 Å². The van der Waals surface area contributed by atoms with Crippen LogP contribution in [0.3, 0.4) is 0 Å². The van der Waals surface area contributed by atoms with E-state index in [2.05, 4.69) is 12.1 Å². The van der Waals surface area contributed by atoms with Crippen molar-refractivity contribution in [3.63, 3.8) is 0 Å². The lowest BCUT2D eigenvalue weighted by atomic mass is 9.77. The zero-order chi connectivity index (χ0) is 13.0. The van der Waals surface area contributed by atoms with Gasteiger partial charge in [-0.2, -0.15) is 0 Å². The van der Waals surface area contributed by atoms with Crippen LogP contribution in [0.2, 0.25) is 0 Å². The first-order valence-corrected chi connectivity index (χ1v) is 6.61. The third kappa shape index (κ3) is 2.91. The summed E-state index contributed by atoms with van der Waals surface area (Å²) < 4.78 is 5.63. The molecule has 1 N–H and O–H groups in total. The molecule has 98 valence electrons. The van der Waals surface area contributed by atoms with Crippen molar-refractivity contribution in [2.24, 2.45) is 5.92 Å². The standard InChI is InChI=1S/C15H20O3/c1-2-18-14-10-12(8-9-13(14)15(16)17)11-6-4-3-5-7-11/h3-7,12-14H,2,8-10H2,1H3,(H,16,17). The predicted octanol–water partition coefficient (Wildman–Crippen LogP) is 3.06. The molecule has 18 heavy (non-hydrogen) atoms. The van der Waals surface area contributed by atoms with E-state index in [9.17, 15) is 9.90 Å². The van der Waals surface area contributed by atoms with Crippen LogP contribution in [0, 0.1) is 5.92 Å². The molecule has 0 amide bonds. The van der Waals surface area contributed by atoms with Gasteiger partial charge in [-0.05, 0) is 37.7 Å². The van der Waals surface area contributed by atoms with Gasteiger partial charge >= 0.3 is 5.97 Å². The molecule has 1 aliphatic rings. The van der Waals surface area contributed by atoms with Crippen molar-refractivity contribution in [2.75, 3.05) is 6.61 Å². The summed E-state index contributed by atoms with van der Waals surface area (Å²) in [4.78, 5) is 11.2. The Morgan fingerprint density at radius 1 is 1.33 bits per heavy atom. The highest BCUT2D eigenvalue weighted by Crippen LogP contribution is 2.37. The largest absolute Gasteiger partial charge is 0.481 e. The monoisotopic (exact) mass is 248 g/mol. The number of hydrogen-bond acceptors (Lipinski definition) is 2. The third-order valence-electron chi connectivity index (χ3n) is 3.76. The first-order valence-electron chi connectivity index (χ1n) is 6.61. The Morgan fingerprint density at radius 3 is 2.67 bits per heavy atom. The first kappa shape index (κ1) is 13.1. The number of aliphatic carboxylic acids is 1. The Kier molecular flexibility index (Phi) is 4.37. The van der Waals surface area contributed by atoms with E-state index >= 15 is 0 Å². The summed E-state index contributed by atoms with van der Waals surface area (Å²) in [5.74, 6) is -0.636. The number of benzene rings is 1. The van der Waals surface area contributed by atoms with E-state index in [0.29, 0.717) is 18.9 Å². The second-order valence-corrected chi connectivity index (χ2v) is 4.86. The molecular weight excluding hydrogens is 228 g/mol. The second kappa shape index (κ2) is 6.01. The summed E-state index contributed by atoms with van der Waals surface area (Å²) in [5.41, 5.74) is 1.30. The number of carboxylic acids is 1. The Hall–Kier alpha value is -1.35. The zero-order valence-electron chi connectivity index (χ0n) is 10.7. The van der Waals surface area contributed by atoms with E-state index in [-0.39, 0.29) is 12.0 Å². The van der Waals surface area contributed by atoms with Gasteiger partial charge in [-0.1, -0.05) is 30.3 Å². The topological polar surface area (TPSA) is 46.5 Å². The minimum absolute atomic E-state index is 0.147. The van der Waals surface area contributed by atoms with Crippen molar-refractivity contribution < 1.29 is 14.6 Å². The maximum Gasteiger partial charge on any atom is 0.309 e. The molecule has 0 saturated heterocycles. The van der Waals surface area contributed by atoms with Crippen LogP contribution in [-0.4, -0.2) is 23.8 Å². The van der Waals surface area contributed by atoms with Crippen LogP contribution in [0.15, 0.2) is 30.3 Å².